The number of benzene rings is 1. The van der Waals surface area contributed by atoms with Crippen molar-refractivity contribution >= 4 is 27.3 Å². The molecule has 0 saturated carbocycles. The van der Waals surface area contributed by atoms with Gasteiger partial charge in [-0.15, -0.1) is 11.3 Å². The number of nitrogens with one attached hydrogen (secondary N) is 1. The second kappa shape index (κ2) is 5.73. The lowest BCUT2D eigenvalue weighted by Crippen LogP contribution is -2.30. The van der Waals surface area contributed by atoms with E-state index >= 15 is 0 Å². The molecule has 90 valence electrons. The van der Waals surface area contributed by atoms with Crippen molar-refractivity contribution in [2.45, 2.75) is 12.5 Å². The highest BCUT2D eigenvalue weighted by Gasteiger charge is 2.16. The van der Waals surface area contributed by atoms with Crippen molar-refractivity contribution in [2.75, 3.05) is 0 Å². The highest BCUT2D eigenvalue weighted by Crippen LogP contribution is 2.28. The molecule has 0 fully saturated rings. The molecule has 0 aliphatic rings. The number of rotatable bonds is 4. The Morgan fingerprint density at radius 3 is 2.71 bits per heavy atom. The molecule has 5 heteroatoms. The van der Waals surface area contributed by atoms with Crippen LogP contribution < -0.4 is 11.3 Å². The van der Waals surface area contributed by atoms with Gasteiger partial charge in [-0.05, 0) is 33.4 Å². The maximum atomic E-state index is 13.7. The Balaban J connectivity index is 2.23. The van der Waals surface area contributed by atoms with Crippen LogP contribution in [0.5, 0.6) is 0 Å². The Morgan fingerprint density at radius 1 is 1.35 bits per heavy atom. The molecule has 0 radical (unpaired) electrons. The molecule has 0 bridgehead atoms. The Hall–Kier alpha value is -0.750. The van der Waals surface area contributed by atoms with Crippen molar-refractivity contribution in [3.63, 3.8) is 0 Å². The van der Waals surface area contributed by atoms with E-state index < -0.39 is 0 Å². The van der Waals surface area contributed by atoms with Crippen molar-refractivity contribution in [2.24, 2.45) is 5.84 Å². The van der Waals surface area contributed by atoms with Gasteiger partial charge in [0, 0.05) is 21.3 Å². The fraction of sp³-hybridized carbons (Fsp3) is 0.167. The van der Waals surface area contributed by atoms with Crippen molar-refractivity contribution in [1.82, 2.24) is 5.43 Å². The van der Waals surface area contributed by atoms with Gasteiger partial charge >= 0.3 is 0 Å². The zero-order valence-electron chi connectivity index (χ0n) is 8.99. The lowest BCUT2D eigenvalue weighted by Gasteiger charge is -2.16. The summed E-state index contributed by atoms with van der Waals surface area (Å²) in [7, 11) is 0. The van der Waals surface area contributed by atoms with Crippen LogP contribution in [-0.2, 0) is 6.42 Å². The number of hydrazine groups is 1. The van der Waals surface area contributed by atoms with Crippen molar-refractivity contribution < 1.29 is 4.39 Å². The Kier molecular flexibility index (Phi) is 4.28. The minimum Gasteiger partial charge on any atom is -0.271 e. The van der Waals surface area contributed by atoms with Gasteiger partial charge < -0.3 is 0 Å². The third-order valence-electron chi connectivity index (χ3n) is 2.56. The zero-order chi connectivity index (χ0) is 12.3. The molecule has 17 heavy (non-hydrogen) atoms. The minimum absolute atomic E-state index is 0.217. The van der Waals surface area contributed by atoms with Gasteiger partial charge in [-0.3, -0.25) is 11.3 Å². The molecule has 1 aromatic carbocycles. The summed E-state index contributed by atoms with van der Waals surface area (Å²) < 4.78 is 14.7. The summed E-state index contributed by atoms with van der Waals surface area (Å²) in [5.41, 5.74) is 3.26. The molecule has 1 aromatic heterocycles. The first-order valence-corrected chi connectivity index (χ1v) is 6.82. The lowest BCUT2D eigenvalue weighted by molar-refractivity contribution is 0.512. The SMILES string of the molecule is NNC(Cc1sccc1Br)c1ccccc1F. The van der Waals surface area contributed by atoms with Crippen LogP contribution >= 0.6 is 27.3 Å². The average molecular weight is 315 g/mol. The predicted octanol–water partition coefficient (Wildman–Crippen LogP) is 3.40. The maximum absolute atomic E-state index is 13.7. The quantitative estimate of drug-likeness (QED) is 0.670. The largest absolute Gasteiger partial charge is 0.271 e. The smallest absolute Gasteiger partial charge is 0.128 e. The summed E-state index contributed by atoms with van der Waals surface area (Å²) >= 11 is 5.09. The third kappa shape index (κ3) is 2.93. The molecule has 0 saturated heterocycles. The van der Waals surface area contributed by atoms with Gasteiger partial charge in [0.2, 0.25) is 0 Å². The van der Waals surface area contributed by atoms with Crippen LogP contribution in [-0.4, -0.2) is 0 Å². The lowest BCUT2D eigenvalue weighted by atomic mass is 10.0. The third-order valence-corrected chi connectivity index (χ3v) is 4.51. The van der Waals surface area contributed by atoms with Crippen LogP contribution in [0.3, 0.4) is 0 Å². The van der Waals surface area contributed by atoms with Crippen LogP contribution in [0.1, 0.15) is 16.5 Å². The molecule has 0 spiro atoms. The van der Waals surface area contributed by atoms with E-state index in [0.717, 1.165) is 9.35 Å². The van der Waals surface area contributed by atoms with E-state index in [1.165, 1.54) is 6.07 Å². The Bertz CT molecular complexity index is 501. The summed E-state index contributed by atoms with van der Waals surface area (Å²) in [6.45, 7) is 0. The second-order valence-electron chi connectivity index (χ2n) is 3.64. The number of nitrogens with two attached hydrogens (primary N) is 1. The van der Waals surface area contributed by atoms with Crippen molar-refractivity contribution in [3.8, 4) is 0 Å². The Labute approximate surface area is 112 Å². The molecule has 1 unspecified atom stereocenters. The summed E-state index contributed by atoms with van der Waals surface area (Å²) in [5, 5.41) is 1.99. The maximum Gasteiger partial charge on any atom is 0.128 e. The van der Waals surface area contributed by atoms with Crippen LogP contribution in [0.25, 0.3) is 0 Å². The van der Waals surface area contributed by atoms with Crippen LogP contribution in [0.15, 0.2) is 40.2 Å². The minimum atomic E-state index is -0.233. The van der Waals surface area contributed by atoms with Crippen LogP contribution in [0.2, 0.25) is 0 Å². The monoisotopic (exact) mass is 314 g/mol. The molecule has 0 amide bonds. The molecular weight excluding hydrogens is 303 g/mol. The van der Waals surface area contributed by atoms with E-state index in [4.69, 9.17) is 5.84 Å². The van der Waals surface area contributed by atoms with E-state index in [0.29, 0.717) is 12.0 Å². The first kappa shape index (κ1) is 12.7. The normalized spacial score (nSPS) is 12.6. The molecule has 2 aromatic rings. The summed E-state index contributed by atoms with van der Waals surface area (Å²) in [4.78, 5) is 1.15. The molecule has 0 aliphatic heterocycles. The van der Waals surface area contributed by atoms with Gasteiger partial charge in [-0.1, -0.05) is 18.2 Å². The molecular formula is C12H12BrFN2S. The molecule has 1 atom stereocenters. The van der Waals surface area contributed by atoms with Gasteiger partial charge in [0.25, 0.3) is 0 Å². The highest BCUT2D eigenvalue weighted by molar-refractivity contribution is 9.10. The van der Waals surface area contributed by atoms with Crippen LogP contribution in [0.4, 0.5) is 4.39 Å². The zero-order valence-corrected chi connectivity index (χ0v) is 11.4. The summed E-state index contributed by atoms with van der Waals surface area (Å²) in [5.74, 6) is 5.28. The first-order valence-electron chi connectivity index (χ1n) is 5.14. The van der Waals surface area contributed by atoms with Crippen molar-refractivity contribution in [3.05, 3.63) is 56.4 Å². The molecule has 0 aliphatic carbocycles. The average Bonchev–Trinajstić information content (AvgIpc) is 2.73. The fourth-order valence-electron chi connectivity index (χ4n) is 1.67. The first-order chi connectivity index (χ1) is 8.22. The highest BCUT2D eigenvalue weighted by atomic mass is 79.9. The number of hydrogen-bond donors (Lipinski definition) is 2. The molecule has 2 rings (SSSR count). The number of halogens is 2. The van der Waals surface area contributed by atoms with Gasteiger partial charge in [0.1, 0.15) is 5.82 Å². The topological polar surface area (TPSA) is 38.0 Å². The van der Waals surface area contributed by atoms with Crippen molar-refractivity contribution in [1.29, 1.82) is 0 Å². The van der Waals surface area contributed by atoms with Crippen LogP contribution in [0, 0.1) is 5.82 Å². The molecule has 1 heterocycles. The Morgan fingerprint density at radius 2 is 2.12 bits per heavy atom. The van der Waals surface area contributed by atoms with E-state index in [1.807, 2.05) is 17.5 Å². The standard InChI is InChI=1S/C12H12BrFN2S/c13-9-5-6-17-12(9)7-11(16-15)8-3-1-2-4-10(8)14/h1-6,11,16H,7,15H2. The summed E-state index contributed by atoms with van der Waals surface area (Å²) in [6, 6.07) is 8.45. The van der Waals surface area contributed by atoms with E-state index in [1.54, 1.807) is 23.5 Å². The van der Waals surface area contributed by atoms with Gasteiger partial charge in [0.05, 0.1) is 6.04 Å². The fourth-order valence-corrected chi connectivity index (χ4v) is 3.23. The van der Waals surface area contributed by atoms with E-state index in [9.17, 15) is 4.39 Å². The van der Waals surface area contributed by atoms with Gasteiger partial charge in [0.15, 0.2) is 0 Å². The summed E-state index contributed by atoms with van der Waals surface area (Å²) in [6.07, 6.45) is 0.662. The molecule has 2 nitrogen and oxygen atoms in total. The predicted molar refractivity (Wildman–Crippen MR) is 72.2 cm³/mol. The van der Waals surface area contributed by atoms with Gasteiger partial charge in [-0.2, -0.15) is 0 Å². The number of thiophene rings is 1. The van der Waals surface area contributed by atoms with E-state index in [2.05, 4.69) is 21.4 Å². The van der Waals surface area contributed by atoms with Gasteiger partial charge in [-0.25, -0.2) is 4.39 Å². The van der Waals surface area contributed by atoms with E-state index in [-0.39, 0.29) is 11.9 Å². The second-order valence-corrected chi connectivity index (χ2v) is 5.49. The molecule has 3 N–H and O–H groups in total. The number of hydrogen-bond acceptors (Lipinski definition) is 3.